The summed E-state index contributed by atoms with van der Waals surface area (Å²) < 4.78 is 47.2. The molecule has 14 nitrogen and oxygen atoms in total. The van der Waals surface area contributed by atoms with E-state index in [1.165, 1.54) is 19.2 Å². The van der Waals surface area contributed by atoms with Crippen molar-refractivity contribution in [1.29, 1.82) is 0 Å². The van der Waals surface area contributed by atoms with E-state index < -0.39 is 87.2 Å². The highest BCUT2D eigenvalue weighted by Crippen LogP contribution is 2.22. The Morgan fingerprint density at radius 1 is 1.25 bits per heavy atom. The number of carbonyl (C=O) groups is 3. The Bertz CT molecular complexity index is 1060. The van der Waals surface area contributed by atoms with Gasteiger partial charge < -0.3 is 15.2 Å². The summed E-state index contributed by atoms with van der Waals surface area (Å²) >= 11 is 0. The fraction of sp³-hybridized carbons (Fsp3) is 0.550. The average molecular weight is 536 g/mol. The monoisotopic (exact) mass is 535 g/mol. The quantitative estimate of drug-likeness (QED) is 0.208. The molecule has 0 aliphatic carbocycles. The molecular formula is C20H30FN5O9S. The Kier molecular flexibility index (Phi) is 11.1. The first-order valence-corrected chi connectivity index (χ1v) is 12.1. The van der Waals surface area contributed by atoms with Crippen LogP contribution in [-0.2, 0) is 24.3 Å². The van der Waals surface area contributed by atoms with Gasteiger partial charge in [0, 0.05) is 32.1 Å². The number of nitrogens with zero attached hydrogens (tertiary/aromatic N) is 2. The lowest BCUT2D eigenvalue weighted by Crippen LogP contribution is -2.47. The predicted molar refractivity (Wildman–Crippen MR) is 124 cm³/mol. The molecule has 16 heteroatoms. The van der Waals surface area contributed by atoms with Crippen LogP contribution in [0.25, 0.3) is 0 Å². The van der Waals surface area contributed by atoms with Crippen LogP contribution in [0.1, 0.15) is 33.6 Å². The number of rotatable bonds is 13. The van der Waals surface area contributed by atoms with Gasteiger partial charge in [-0.1, -0.05) is 12.1 Å². The van der Waals surface area contributed by atoms with Crippen LogP contribution in [-0.4, -0.2) is 79.4 Å². The maximum Gasteiger partial charge on any atom is 0.407 e. The highest BCUT2D eigenvalue weighted by Gasteiger charge is 2.28. The minimum absolute atomic E-state index is 0.529. The van der Waals surface area contributed by atoms with Gasteiger partial charge in [0.25, 0.3) is 5.69 Å². The van der Waals surface area contributed by atoms with Crippen molar-refractivity contribution >= 4 is 33.7 Å². The summed E-state index contributed by atoms with van der Waals surface area (Å²) in [4.78, 5) is 44.5. The topological polar surface area (TPSA) is 197 Å². The van der Waals surface area contributed by atoms with Gasteiger partial charge in [-0.3, -0.25) is 25.1 Å². The lowest BCUT2D eigenvalue weighted by atomic mass is 10.1. The van der Waals surface area contributed by atoms with Crippen LogP contribution in [0.4, 0.5) is 14.9 Å². The number of hydrogen-bond acceptors (Lipinski definition) is 9. The summed E-state index contributed by atoms with van der Waals surface area (Å²) in [7, 11) is -3.17. The average Bonchev–Trinajstić information content (AvgIpc) is 2.69. The number of ether oxygens (including phenoxy) is 1. The summed E-state index contributed by atoms with van der Waals surface area (Å²) in [6.45, 7) is 3.63. The number of carboxylic acids is 1. The molecule has 2 amide bonds. The molecule has 0 radical (unpaired) electrons. The molecule has 4 N–H and O–H groups in total. The third kappa shape index (κ3) is 11.4. The van der Waals surface area contributed by atoms with E-state index in [0.717, 1.165) is 17.1 Å². The van der Waals surface area contributed by atoms with Gasteiger partial charge in [-0.05, 0) is 26.8 Å². The van der Waals surface area contributed by atoms with Gasteiger partial charge in [0.15, 0.2) is 4.90 Å². The molecule has 0 saturated heterocycles. The number of alkyl carbamates (subject to hydrolysis) is 1. The van der Waals surface area contributed by atoms with Crippen molar-refractivity contribution in [3.05, 3.63) is 34.4 Å². The second-order valence-electron chi connectivity index (χ2n) is 8.74. The predicted octanol–water partition coefficient (Wildman–Crippen LogP) is 0.932. The number of nitro groups is 1. The van der Waals surface area contributed by atoms with E-state index in [9.17, 15) is 37.3 Å². The van der Waals surface area contributed by atoms with Gasteiger partial charge in [0.1, 0.15) is 18.3 Å². The molecule has 0 saturated carbocycles. The number of hydrogen-bond donors (Lipinski definition) is 4. The number of sulfonamides is 1. The fourth-order valence-corrected chi connectivity index (χ4v) is 4.14. The van der Waals surface area contributed by atoms with Crippen LogP contribution in [0.5, 0.6) is 0 Å². The van der Waals surface area contributed by atoms with Gasteiger partial charge in [-0.15, -0.1) is 0 Å². The summed E-state index contributed by atoms with van der Waals surface area (Å²) in [5, 5.41) is 23.2. The Morgan fingerprint density at radius 3 is 2.42 bits per heavy atom. The molecule has 0 aliphatic rings. The van der Waals surface area contributed by atoms with Gasteiger partial charge >= 0.3 is 12.1 Å². The number of nitrogens with one attached hydrogen (secondary N) is 3. The summed E-state index contributed by atoms with van der Waals surface area (Å²) in [6, 6.07) is 3.39. The zero-order valence-electron chi connectivity index (χ0n) is 20.2. The zero-order chi connectivity index (χ0) is 27.7. The Morgan fingerprint density at radius 2 is 1.86 bits per heavy atom. The minimum atomic E-state index is -4.44. The molecule has 0 heterocycles. The van der Waals surface area contributed by atoms with Crippen molar-refractivity contribution in [2.45, 2.75) is 56.3 Å². The van der Waals surface area contributed by atoms with Crippen molar-refractivity contribution in [1.82, 2.24) is 20.5 Å². The normalized spacial score (nSPS) is 13.5. The molecule has 0 spiro atoms. The summed E-state index contributed by atoms with van der Waals surface area (Å²) in [5.74, 6) is -2.06. The number of aliphatic carboxylic acids is 1. The number of nitro benzene ring substituents is 1. The number of para-hydroxylation sites is 1. The first kappa shape index (κ1) is 30.7. The van der Waals surface area contributed by atoms with Crippen LogP contribution in [0.15, 0.2) is 29.2 Å². The van der Waals surface area contributed by atoms with E-state index in [-0.39, 0.29) is 0 Å². The summed E-state index contributed by atoms with van der Waals surface area (Å²) in [6.07, 6.45) is -4.10. The molecule has 0 aromatic heterocycles. The second kappa shape index (κ2) is 13.1. The van der Waals surface area contributed by atoms with E-state index in [4.69, 9.17) is 9.84 Å². The molecule has 202 valence electrons. The van der Waals surface area contributed by atoms with Crippen LogP contribution in [0.2, 0.25) is 0 Å². The van der Waals surface area contributed by atoms with Gasteiger partial charge in [-0.25, -0.2) is 27.3 Å². The van der Waals surface area contributed by atoms with Gasteiger partial charge in [-0.2, -0.15) is 0 Å². The minimum Gasteiger partial charge on any atom is -0.480 e. The Hall–Kier alpha value is -3.37. The van der Waals surface area contributed by atoms with E-state index in [2.05, 4.69) is 15.5 Å². The number of hydrazine groups is 1. The number of likely N-dealkylation sites (N-methyl/N-ethyl adjacent to an activating group) is 1. The third-order valence-electron chi connectivity index (χ3n) is 4.23. The second-order valence-corrected chi connectivity index (χ2v) is 10.5. The molecule has 0 fully saturated rings. The Balaban J connectivity index is 2.95. The van der Waals surface area contributed by atoms with Gasteiger partial charge in [0.05, 0.1) is 11.3 Å². The number of benzene rings is 1. The van der Waals surface area contributed by atoms with Crippen molar-refractivity contribution in [3.63, 3.8) is 0 Å². The molecule has 0 bridgehead atoms. The third-order valence-corrected chi connectivity index (χ3v) is 5.70. The molecular weight excluding hydrogens is 505 g/mol. The lowest BCUT2D eigenvalue weighted by Gasteiger charge is -2.25. The first-order chi connectivity index (χ1) is 16.5. The van der Waals surface area contributed by atoms with Crippen LogP contribution in [0, 0.1) is 10.1 Å². The van der Waals surface area contributed by atoms with E-state index in [1.807, 2.05) is 0 Å². The number of amides is 2. The first-order valence-electron chi connectivity index (χ1n) is 10.6. The highest BCUT2D eigenvalue weighted by atomic mass is 32.2. The van der Waals surface area contributed by atoms with Crippen LogP contribution >= 0.6 is 0 Å². The van der Waals surface area contributed by atoms with Crippen molar-refractivity contribution in [2.24, 2.45) is 0 Å². The van der Waals surface area contributed by atoms with Crippen molar-refractivity contribution in [3.8, 4) is 0 Å². The molecule has 1 aromatic carbocycles. The molecule has 0 aliphatic heterocycles. The van der Waals surface area contributed by atoms with E-state index in [0.29, 0.717) is 0 Å². The molecule has 1 aromatic rings. The Labute approximate surface area is 207 Å². The lowest BCUT2D eigenvalue weighted by molar-refractivity contribution is -0.387. The molecule has 36 heavy (non-hydrogen) atoms. The fourth-order valence-electron chi connectivity index (χ4n) is 2.88. The van der Waals surface area contributed by atoms with Crippen molar-refractivity contribution in [2.75, 3.05) is 20.1 Å². The highest BCUT2D eigenvalue weighted by molar-refractivity contribution is 7.89. The SMILES string of the molecule is CN(CC(=O)O)NC(=O)C[C@H](F)C[C@H](CNS(=O)(=O)c1ccccc1[N+](=O)[O-])NC(=O)OC(C)(C)C. The molecule has 2 atom stereocenters. The van der Waals surface area contributed by atoms with Crippen LogP contribution < -0.4 is 15.5 Å². The maximum atomic E-state index is 14.7. The van der Waals surface area contributed by atoms with Crippen LogP contribution in [0.3, 0.4) is 0 Å². The molecule has 1 rings (SSSR count). The zero-order valence-corrected chi connectivity index (χ0v) is 21.0. The van der Waals surface area contributed by atoms with Crippen molar-refractivity contribution < 1.29 is 42.0 Å². The summed E-state index contributed by atoms with van der Waals surface area (Å²) in [5.41, 5.74) is 0.580. The molecule has 0 unspecified atom stereocenters. The largest absolute Gasteiger partial charge is 0.480 e. The number of carbonyl (C=O) groups excluding carboxylic acids is 2. The number of alkyl halides is 1. The standard InChI is InChI=1S/C20H30FN5O9S/c1-20(2,3)35-19(30)23-14(9-13(21)10-17(27)24-25(4)12-18(28)29)11-22-36(33,34)16-8-6-5-7-15(16)26(31)32/h5-8,13-14,22H,9-12H2,1-4H3,(H,23,30)(H,24,27)(H,28,29)/t13-,14-/m1/s1. The van der Waals surface area contributed by atoms with Gasteiger partial charge in [0.2, 0.25) is 15.9 Å². The number of carboxylic acid groups (broad SMARTS) is 1. The maximum absolute atomic E-state index is 14.7. The smallest absolute Gasteiger partial charge is 0.407 e. The van der Waals surface area contributed by atoms with E-state index >= 15 is 0 Å². The van der Waals surface area contributed by atoms with E-state index in [1.54, 1.807) is 20.8 Å². The number of halogens is 1.